The van der Waals surface area contributed by atoms with Crippen LogP contribution < -0.4 is 0 Å². The van der Waals surface area contributed by atoms with Crippen molar-refractivity contribution in [2.75, 3.05) is 0 Å². The number of hydrogen-bond acceptors (Lipinski definition) is 3. The SMILES string of the molecule is CC(C)(C)c1cc(-c2cc(-c3ccc4c5ccccc5n(-c5ccccc5)c4c3)ccn2)cc(-c2cccc3c2nc(-c2cc(F)ccc2O)n3-c2cc(C(C)(C)C)cc(C(C)(C)C)c2)c1. The van der Waals surface area contributed by atoms with Crippen LogP contribution in [0.5, 0.6) is 5.75 Å². The molecule has 0 saturated heterocycles. The van der Waals surface area contributed by atoms with E-state index in [4.69, 9.17) is 9.97 Å². The fourth-order valence-corrected chi connectivity index (χ4v) is 9.21. The van der Waals surface area contributed by atoms with Crippen LogP contribution in [0.15, 0.2) is 164 Å². The second-order valence-corrected chi connectivity index (χ2v) is 20.8. The van der Waals surface area contributed by atoms with Crippen molar-refractivity contribution in [3.63, 3.8) is 0 Å². The Labute approximate surface area is 386 Å². The molecule has 6 heteroatoms. The lowest BCUT2D eigenvalue weighted by Gasteiger charge is -2.27. The number of nitrogens with zero attached hydrogens (tertiary/aromatic N) is 4. The zero-order chi connectivity index (χ0) is 46.3. The van der Waals surface area contributed by atoms with Gasteiger partial charge in [-0.25, -0.2) is 9.37 Å². The van der Waals surface area contributed by atoms with Gasteiger partial charge in [-0.05, 0) is 135 Å². The smallest absolute Gasteiger partial charge is 0.149 e. The van der Waals surface area contributed by atoms with Crippen molar-refractivity contribution in [2.24, 2.45) is 0 Å². The van der Waals surface area contributed by atoms with Crippen LogP contribution in [0.1, 0.15) is 79.0 Å². The molecule has 0 bridgehead atoms. The Bertz CT molecular complexity index is 3470. The molecular formula is C60H55FN4O. The molecule has 5 nitrogen and oxygen atoms in total. The first-order chi connectivity index (χ1) is 31.4. The molecule has 7 aromatic carbocycles. The number of imidazole rings is 1. The number of benzene rings is 7. The van der Waals surface area contributed by atoms with Crippen LogP contribution in [0, 0.1) is 5.82 Å². The highest BCUT2D eigenvalue weighted by atomic mass is 19.1. The van der Waals surface area contributed by atoms with E-state index >= 15 is 4.39 Å². The summed E-state index contributed by atoms with van der Waals surface area (Å²) in [5.74, 6) is -0.0254. The predicted octanol–water partition coefficient (Wildman–Crippen LogP) is 15.9. The minimum Gasteiger partial charge on any atom is -0.507 e. The number of para-hydroxylation sites is 3. The topological polar surface area (TPSA) is 55.9 Å². The number of phenolic OH excluding ortho intramolecular Hbond substituents is 1. The number of pyridine rings is 1. The maximum absolute atomic E-state index is 15.2. The number of aromatic hydroxyl groups is 1. The molecule has 0 aliphatic carbocycles. The number of fused-ring (bicyclic) bond motifs is 4. The van der Waals surface area contributed by atoms with E-state index in [1.165, 1.54) is 45.6 Å². The molecule has 1 N–H and O–H groups in total. The van der Waals surface area contributed by atoms with Gasteiger partial charge in [-0.3, -0.25) is 9.55 Å². The van der Waals surface area contributed by atoms with Gasteiger partial charge < -0.3 is 9.67 Å². The van der Waals surface area contributed by atoms with E-state index in [0.29, 0.717) is 11.4 Å². The number of hydrogen-bond donors (Lipinski definition) is 1. The molecule has 328 valence electrons. The van der Waals surface area contributed by atoms with E-state index in [-0.39, 0.29) is 22.0 Å². The van der Waals surface area contributed by atoms with E-state index in [2.05, 4.69) is 211 Å². The molecule has 0 amide bonds. The molecule has 0 atom stereocenters. The van der Waals surface area contributed by atoms with Gasteiger partial charge in [-0.15, -0.1) is 0 Å². The van der Waals surface area contributed by atoms with E-state index in [9.17, 15) is 5.11 Å². The zero-order valence-corrected chi connectivity index (χ0v) is 39.2. The Morgan fingerprint density at radius 3 is 1.82 bits per heavy atom. The molecule has 0 saturated carbocycles. The van der Waals surface area contributed by atoms with Crippen LogP contribution in [0.3, 0.4) is 0 Å². The molecule has 0 fully saturated rings. The molecule has 10 rings (SSSR count). The van der Waals surface area contributed by atoms with Crippen LogP contribution in [-0.4, -0.2) is 24.2 Å². The van der Waals surface area contributed by atoms with Crippen LogP contribution in [0.2, 0.25) is 0 Å². The third-order valence-corrected chi connectivity index (χ3v) is 13.0. The first-order valence-electron chi connectivity index (χ1n) is 22.8. The maximum Gasteiger partial charge on any atom is 0.149 e. The van der Waals surface area contributed by atoms with E-state index < -0.39 is 5.82 Å². The Morgan fingerprint density at radius 2 is 1.09 bits per heavy atom. The van der Waals surface area contributed by atoms with Crippen LogP contribution >= 0.6 is 0 Å². The van der Waals surface area contributed by atoms with Gasteiger partial charge in [0.25, 0.3) is 0 Å². The monoisotopic (exact) mass is 866 g/mol. The summed E-state index contributed by atoms with van der Waals surface area (Å²) in [6, 6.07) is 53.9. The Balaban J connectivity index is 1.16. The largest absolute Gasteiger partial charge is 0.507 e. The van der Waals surface area contributed by atoms with Crippen molar-refractivity contribution in [2.45, 2.75) is 78.6 Å². The highest BCUT2D eigenvalue weighted by molar-refractivity contribution is 6.10. The second kappa shape index (κ2) is 15.7. The second-order valence-electron chi connectivity index (χ2n) is 20.8. The highest BCUT2D eigenvalue weighted by Crippen LogP contribution is 2.42. The summed E-state index contributed by atoms with van der Waals surface area (Å²) in [7, 11) is 0. The van der Waals surface area contributed by atoms with Crippen molar-refractivity contribution >= 4 is 32.8 Å². The summed E-state index contributed by atoms with van der Waals surface area (Å²) >= 11 is 0. The minimum atomic E-state index is -0.448. The molecule has 3 aromatic heterocycles. The van der Waals surface area contributed by atoms with Gasteiger partial charge in [0.1, 0.15) is 17.4 Å². The maximum atomic E-state index is 15.2. The van der Waals surface area contributed by atoms with Crippen molar-refractivity contribution < 1.29 is 9.50 Å². The summed E-state index contributed by atoms with van der Waals surface area (Å²) in [5, 5.41) is 13.8. The van der Waals surface area contributed by atoms with E-state index in [1.54, 1.807) is 0 Å². The van der Waals surface area contributed by atoms with Crippen LogP contribution in [0.25, 0.3) is 89.1 Å². The van der Waals surface area contributed by atoms with E-state index in [1.807, 2.05) is 6.20 Å². The fourth-order valence-electron chi connectivity index (χ4n) is 9.21. The van der Waals surface area contributed by atoms with Gasteiger partial charge in [-0.1, -0.05) is 135 Å². The molecule has 10 aromatic rings. The van der Waals surface area contributed by atoms with Crippen molar-refractivity contribution in [3.8, 4) is 62.0 Å². The average Bonchev–Trinajstić information content (AvgIpc) is 3.85. The number of phenols is 1. The lowest BCUT2D eigenvalue weighted by Crippen LogP contribution is -2.17. The third kappa shape index (κ3) is 7.64. The lowest BCUT2D eigenvalue weighted by molar-refractivity contribution is 0.474. The Kier molecular flexibility index (Phi) is 10.1. The quantitative estimate of drug-likeness (QED) is 0.181. The van der Waals surface area contributed by atoms with Crippen molar-refractivity contribution in [1.82, 2.24) is 19.1 Å². The molecule has 0 radical (unpaired) electrons. The molecule has 3 heterocycles. The van der Waals surface area contributed by atoms with Gasteiger partial charge in [0.2, 0.25) is 0 Å². The molecule has 0 aliphatic heterocycles. The first-order valence-corrected chi connectivity index (χ1v) is 22.8. The minimum absolute atomic E-state index is 0.0406. The van der Waals surface area contributed by atoms with Crippen LogP contribution in [0.4, 0.5) is 4.39 Å². The normalized spacial score (nSPS) is 12.5. The Hall–Kier alpha value is -7.31. The highest BCUT2D eigenvalue weighted by Gasteiger charge is 2.26. The third-order valence-electron chi connectivity index (χ3n) is 13.0. The van der Waals surface area contributed by atoms with Gasteiger partial charge in [0.05, 0.1) is 33.3 Å². The molecule has 0 unspecified atom stereocenters. The zero-order valence-electron chi connectivity index (χ0n) is 39.2. The van der Waals surface area contributed by atoms with Gasteiger partial charge >= 0.3 is 0 Å². The number of aromatic nitrogens is 4. The van der Waals surface area contributed by atoms with Crippen molar-refractivity contribution in [1.29, 1.82) is 0 Å². The first kappa shape index (κ1) is 42.6. The molecule has 0 spiro atoms. The Morgan fingerprint density at radius 1 is 0.455 bits per heavy atom. The molecule has 0 aliphatic rings. The standard InChI is InChI=1S/C60H55FN4O/c1-58(2,3)41-29-39(28-40(30-41)51-31-38(26-27-62-51)37-22-24-49-48-18-13-14-20-52(48)64(54(49)32-37)45-16-11-10-12-17-45)47-19-15-21-53-56(47)63-57(50-36-44(61)23-25-55(50)66)65(53)46-34-42(59(4,5)6)33-43(35-46)60(7,8)9/h10-36,66H,1-9H3. The van der Waals surface area contributed by atoms with Crippen LogP contribution in [-0.2, 0) is 16.2 Å². The van der Waals surface area contributed by atoms with Crippen molar-refractivity contribution in [3.05, 3.63) is 186 Å². The summed E-state index contributed by atoms with van der Waals surface area (Å²) in [6.07, 6.45) is 1.91. The predicted molar refractivity (Wildman–Crippen MR) is 273 cm³/mol. The fraction of sp³-hybridized carbons (Fsp3) is 0.200. The average molecular weight is 867 g/mol. The molecular weight excluding hydrogens is 812 g/mol. The van der Waals surface area contributed by atoms with E-state index in [0.717, 1.165) is 67.0 Å². The summed E-state index contributed by atoms with van der Waals surface area (Å²) in [5.41, 5.74) is 15.2. The molecule has 66 heavy (non-hydrogen) atoms. The lowest BCUT2D eigenvalue weighted by atomic mass is 9.80. The van der Waals surface area contributed by atoms with Gasteiger partial charge in [0, 0.05) is 39.5 Å². The summed E-state index contributed by atoms with van der Waals surface area (Å²) < 4.78 is 19.6. The van der Waals surface area contributed by atoms with Gasteiger partial charge in [-0.2, -0.15) is 0 Å². The summed E-state index contributed by atoms with van der Waals surface area (Å²) in [6.45, 7) is 20.0. The number of halogens is 1. The summed E-state index contributed by atoms with van der Waals surface area (Å²) in [4.78, 5) is 10.4. The van der Waals surface area contributed by atoms with Gasteiger partial charge in [0.15, 0.2) is 0 Å². The number of rotatable bonds is 6.